The van der Waals surface area contributed by atoms with Crippen LogP contribution in [0, 0.1) is 0 Å². The van der Waals surface area contributed by atoms with Crippen LogP contribution in [0.25, 0.3) is 0 Å². The van der Waals surface area contributed by atoms with Crippen molar-refractivity contribution in [3.63, 3.8) is 0 Å². The Kier molecular flexibility index (Phi) is 6.36. The minimum Gasteiger partial charge on any atom is -0.411 e. The highest BCUT2D eigenvalue weighted by atomic mass is 16.4. The number of nitrogens with zero attached hydrogens (tertiary/aromatic N) is 2. The number of unbranched alkanes of at least 4 members (excludes halogenated alkanes) is 3. The van der Waals surface area contributed by atoms with Crippen molar-refractivity contribution in [3.8, 4) is 0 Å². The Hall–Kier alpha value is -0.610. The first kappa shape index (κ1) is 12.5. The molecule has 0 unspecified atom stereocenters. The number of rotatable bonds is 6. The van der Waals surface area contributed by atoms with Gasteiger partial charge in [0.15, 0.2) is 0 Å². The van der Waals surface area contributed by atoms with Gasteiger partial charge < -0.3 is 15.2 Å². The molecule has 0 aromatic heterocycles. The Bertz CT molecular complexity index is 185. The Morgan fingerprint density at radius 2 is 1.73 bits per heavy atom. The standard InChI is InChI=1S/C11H22N2O2/c14-10-4-2-1-3-7-13-8-5-11(12-15)6-9-13/h14-15H,1-10H2. The molecule has 4 nitrogen and oxygen atoms in total. The Morgan fingerprint density at radius 3 is 2.33 bits per heavy atom. The molecule has 0 bridgehead atoms. The minimum atomic E-state index is 0.319. The van der Waals surface area contributed by atoms with E-state index in [0.717, 1.165) is 51.0 Å². The summed E-state index contributed by atoms with van der Waals surface area (Å²) in [5.74, 6) is 0. The van der Waals surface area contributed by atoms with Gasteiger partial charge in [0, 0.05) is 32.5 Å². The smallest absolute Gasteiger partial charge is 0.0596 e. The van der Waals surface area contributed by atoms with Crippen LogP contribution in [0.5, 0.6) is 0 Å². The molecule has 1 saturated heterocycles. The fourth-order valence-electron chi connectivity index (χ4n) is 1.94. The number of hydrogen-bond acceptors (Lipinski definition) is 4. The summed E-state index contributed by atoms with van der Waals surface area (Å²) in [6, 6.07) is 0. The third kappa shape index (κ3) is 5.14. The molecule has 0 amide bonds. The molecule has 0 atom stereocenters. The van der Waals surface area contributed by atoms with E-state index >= 15 is 0 Å². The van der Waals surface area contributed by atoms with Crippen LogP contribution >= 0.6 is 0 Å². The predicted molar refractivity (Wildman–Crippen MR) is 60.4 cm³/mol. The lowest BCUT2D eigenvalue weighted by Gasteiger charge is -2.26. The van der Waals surface area contributed by atoms with Gasteiger partial charge in [-0.2, -0.15) is 0 Å². The van der Waals surface area contributed by atoms with Gasteiger partial charge in [0.05, 0.1) is 5.71 Å². The van der Waals surface area contributed by atoms with Crippen LogP contribution in [0.2, 0.25) is 0 Å². The summed E-state index contributed by atoms with van der Waals surface area (Å²) in [5.41, 5.74) is 0.937. The molecule has 2 N–H and O–H groups in total. The summed E-state index contributed by atoms with van der Waals surface area (Å²) in [4.78, 5) is 2.42. The van der Waals surface area contributed by atoms with Crippen molar-refractivity contribution in [2.24, 2.45) is 5.16 Å². The van der Waals surface area contributed by atoms with Crippen molar-refractivity contribution in [2.75, 3.05) is 26.2 Å². The average molecular weight is 214 g/mol. The van der Waals surface area contributed by atoms with E-state index in [-0.39, 0.29) is 0 Å². The van der Waals surface area contributed by atoms with Gasteiger partial charge in [-0.15, -0.1) is 0 Å². The zero-order valence-corrected chi connectivity index (χ0v) is 9.36. The highest BCUT2D eigenvalue weighted by Gasteiger charge is 2.14. The lowest BCUT2D eigenvalue weighted by atomic mass is 10.1. The van der Waals surface area contributed by atoms with Crippen LogP contribution in [0.4, 0.5) is 0 Å². The molecule has 88 valence electrons. The summed E-state index contributed by atoms with van der Waals surface area (Å²) < 4.78 is 0. The highest BCUT2D eigenvalue weighted by Crippen LogP contribution is 2.09. The number of piperidine rings is 1. The molecule has 1 heterocycles. The first-order chi connectivity index (χ1) is 7.36. The van der Waals surface area contributed by atoms with Crippen LogP contribution in [-0.4, -0.2) is 47.2 Å². The molecule has 1 fully saturated rings. The fraction of sp³-hybridized carbons (Fsp3) is 0.909. The molecular formula is C11H22N2O2. The van der Waals surface area contributed by atoms with Gasteiger partial charge in [0.2, 0.25) is 0 Å². The third-order valence-electron chi connectivity index (χ3n) is 2.96. The zero-order valence-electron chi connectivity index (χ0n) is 9.36. The van der Waals surface area contributed by atoms with Crippen molar-refractivity contribution in [2.45, 2.75) is 38.5 Å². The molecule has 0 aromatic rings. The molecule has 0 spiro atoms. The van der Waals surface area contributed by atoms with Crippen molar-refractivity contribution in [1.29, 1.82) is 0 Å². The molecule has 4 heteroatoms. The molecule has 1 aliphatic rings. The van der Waals surface area contributed by atoms with Crippen LogP contribution in [-0.2, 0) is 0 Å². The molecule has 15 heavy (non-hydrogen) atoms. The number of oxime groups is 1. The Balaban J connectivity index is 1.99. The van der Waals surface area contributed by atoms with Crippen LogP contribution in [0.1, 0.15) is 38.5 Å². The maximum Gasteiger partial charge on any atom is 0.0596 e. The van der Waals surface area contributed by atoms with E-state index < -0.39 is 0 Å². The lowest BCUT2D eigenvalue weighted by Crippen LogP contribution is -2.34. The Morgan fingerprint density at radius 1 is 1.07 bits per heavy atom. The maximum atomic E-state index is 8.62. The molecule has 0 aliphatic carbocycles. The SMILES string of the molecule is OCCCCCCN1CCC(=NO)CC1. The quantitative estimate of drug-likeness (QED) is 0.400. The van der Waals surface area contributed by atoms with Gasteiger partial charge >= 0.3 is 0 Å². The topological polar surface area (TPSA) is 56.1 Å². The normalized spacial score (nSPS) is 18.1. The highest BCUT2D eigenvalue weighted by molar-refractivity contribution is 5.84. The number of aliphatic hydroxyl groups is 1. The number of aliphatic hydroxyl groups excluding tert-OH is 1. The van der Waals surface area contributed by atoms with Gasteiger partial charge in [0.1, 0.15) is 0 Å². The first-order valence-electron chi connectivity index (χ1n) is 5.90. The van der Waals surface area contributed by atoms with Gasteiger partial charge in [-0.25, -0.2) is 0 Å². The van der Waals surface area contributed by atoms with Gasteiger partial charge in [-0.3, -0.25) is 0 Å². The molecule has 1 aliphatic heterocycles. The number of hydrogen-bond donors (Lipinski definition) is 2. The lowest BCUT2D eigenvalue weighted by molar-refractivity contribution is 0.253. The predicted octanol–water partition coefficient (Wildman–Crippen LogP) is 1.47. The fourth-order valence-corrected chi connectivity index (χ4v) is 1.94. The summed E-state index contributed by atoms with van der Waals surface area (Å²) >= 11 is 0. The van der Waals surface area contributed by atoms with E-state index in [0.29, 0.717) is 6.61 Å². The van der Waals surface area contributed by atoms with Crippen LogP contribution < -0.4 is 0 Å². The van der Waals surface area contributed by atoms with Crippen molar-refractivity contribution < 1.29 is 10.3 Å². The Labute approximate surface area is 91.6 Å². The number of likely N-dealkylation sites (tertiary alicyclic amines) is 1. The second-order valence-electron chi connectivity index (χ2n) is 4.15. The first-order valence-corrected chi connectivity index (χ1v) is 5.90. The largest absolute Gasteiger partial charge is 0.411 e. The van der Waals surface area contributed by atoms with E-state index in [1.165, 1.54) is 12.8 Å². The van der Waals surface area contributed by atoms with Gasteiger partial charge in [-0.05, 0) is 19.4 Å². The second-order valence-corrected chi connectivity index (χ2v) is 4.15. The maximum absolute atomic E-state index is 8.62. The van der Waals surface area contributed by atoms with Gasteiger partial charge in [-0.1, -0.05) is 18.0 Å². The van der Waals surface area contributed by atoms with Crippen LogP contribution in [0.3, 0.4) is 0 Å². The van der Waals surface area contributed by atoms with E-state index in [1.807, 2.05) is 0 Å². The van der Waals surface area contributed by atoms with Gasteiger partial charge in [0.25, 0.3) is 0 Å². The summed E-state index contributed by atoms with van der Waals surface area (Å²) in [6.07, 6.45) is 6.30. The monoisotopic (exact) mass is 214 g/mol. The molecule has 0 radical (unpaired) electrons. The zero-order chi connectivity index (χ0) is 10.9. The van der Waals surface area contributed by atoms with Crippen LogP contribution in [0.15, 0.2) is 5.16 Å². The van der Waals surface area contributed by atoms with E-state index in [4.69, 9.17) is 10.3 Å². The van der Waals surface area contributed by atoms with Crippen molar-refractivity contribution >= 4 is 5.71 Å². The minimum absolute atomic E-state index is 0.319. The molecule has 0 saturated carbocycles. The van der Waals surface area contributed by atoms with Crippen molar-refractivity contribution in [1.82, 2.24) is 4.90 Å². The third-order valence-corrected chi connectivity index (χ3v) is 2.96. The van der Waals surface area contributed by atoms with Crippen molar-refractivity contribution in [3.05, 3.63) is 0 Å². The summed E-state index contributed by atoms with van der Waals surface area (Å²) in [6.45, 7) is 3.52. The second kappa shape index (κ2) is 7.65. The molecule has 0 aromatic carbocycles. The average Bonchev–Trinajstić information content (AvgIpc) is 2.30. The van der Waals surface area contributed by atoms with E-state index in [2.05, 4.69) is 10.1 Å². The molecular weight excluding hydrogens is 192 g/mol. The van der Waals surface area contributed by atoms with E-state index in [9.17, 15) is 0 Å². The van der Waals surface area contributed by atoms with E-state index in [1.54, 1.807) is 0 Å². The summed E-state index contributed by atoms with van der Waals surface area (Å²) in [7, 11) is 0. The summed E-state index contributed by atoms with van der Waals surface area (Å²) in [5, 5.41) is 20.5. The molecule has 1 rings (SSSR count).